The van der Waals surface area contributed by atoms with E-state index in [2.05, 4.69) is 11.8 Å². The van der Waals surface area contributed by atoms with Gasteiger partial charge in [0.25, 0.3) is 0 Å². The van der Waals surface area contributed by atoms with Crippen LogP contribution in [0.3, 0.4) is 0 Å². The Morgan fingerprint density at radius 3 is 2.79 bits per heavy atom. The minimum atomic E-state index is -0.0608. The molecule has 1 saturated heterocycles. The summed E-state index contributed by atoms with van der Waals surface area (Å²) in [5.74, 6) is 2.48. The predicted molar refractivity (Wildman–Crippen MR) is 61.8 cm³/mol. The Balaban J connectivity index is 1.96. The Kier molecular flexibility index (Phi) is 3.74. The molecule has 2 fully saturated rings. The first kappa shape index (κ1) is 10.8. The summed E-state index contributed by atoms with van der Waals surface area (Å²) in [6.07, 6.45) is 4.68. The van der Waals surface area contributed by atoms with Crippen LogP contribution in [0.1, 0.15) is 32.6 Å². The van der Waals surface area contributed by atoms with Crippen LogP contribution in [0, 0.1) is 0 Å². The number of thioether (sulfide) groups is 1. The van der Waals surface area contributed by atoms with Crippen molar-refractivity contribution in [3.63, 3.8) is 0 Å². The first-order valence-corrected chi connectivity index (χ1v) is 6.96. The van der Waals surface area contributed by atoms with Crippen molar-refractivity contribution < 1.29 is 5.11 Å². The van der Waals surface area contributed by atoms with Crippen molar-refractivity contribution in [3.8, 4) is 0 Å². The molecule has 1 N–H and O–H groups in total. The monoisotopic (exact) mass is 215 g/mol. The van der Waals surface area contributed by atoms with E-state index in [1.807, 2.05) is 11.8 Å². The molecule has 0 radical (unpaired) electrons. The summed E-state index contributed by atoms with van der Waals surface area (Å²) in [6, 6.07) is 1.12. The Labute approximate surface area is 91.1 Å². The first-order valence-electron chi connectivity index (χ1n) is 5.80. The van der Waals surface area contributed by atoms with Gasteiger partial charge in [-0.2, -0.15) is 11.8 Å². The lowest BCUT2D eigenvalue weighted by Crippen LogP contribution is -2.52. The van der Waals surface area contributed by atoms with Crippen LogP contribution in [0.4, 0.5) is 0 Å². The van der Waals surface area contributed by atoms with Crippen LogP contribution in [-0.4, -0.2) is 46.2 Å². The fourth-order valence-corrected chi connectivity index (χ4v) is 3.75. The largest absolute Gasteiger partial charge is 0.391 e. The number of aliphatic hydroxyl groups is 1. The summed E-state index contributed by atoms with van der Waals surface area (Å²) in [6.45, 7) is 3.47. The lowest BCUT2D eigenvalue weighted by molar-refractivity contribution is 0.00762. The van der Waals surface area contributed by atoms with Crippen LogP contribution in [0.2, 0.25) is 0 Å². The van der Waals surface area contributed by atoms with E-state index in [0.717, 1.165) is 6.42 Å². The molecule has 82 valence electrons. The minimum Gasteiger partial charge on any atom is -0.391 e. The zero-order valence-electron chi connectivity index (χ0n) is 8.98. The van der Waals surface area contributed by atoms with Crippen molar-refractivity contribution in [1.29, 1.82) is 0 Å². The van der Waals surface area contributed by atoms with Crippen LogP contribution >= 0.6 is 11.8 Å². The maximum absolute atomic E-state index is 9.99. The molecule has 0 aromatic heterocycles. The number of rotatable bonds is 1. The molecule has 1 saturated carbocycles. The second kappa shape index (κ2) is 4.86. The number of aliphatic hydroxyl groups excluding tert-OH is 1. The molecular formula is C11H21NOS. The highest BCUT2D eigenvalue weighted by atomic mass is 32.2. The van der Waals surface area contributed by atoms with Gasteiger partial charge in [-0.15, -0.1) is 0 Å². The molecule has 1 heterocycles. The normalized spacial score (nSPS) is 41.1. The topological polar surface area (TPSA) is 23.5 Å². The molecule has 1 unspecified atom stereocenters. The Morgan fingerprint density at radius 2 is 2.07 bits per heavy atom. The van der Waals surface area contributed by atoms with Crippen LogP contribution in [-0.2, 0) is 0 Å². The van der Waals surface area contributed by atoms with Crippen molar-refractivity contribution in [1.82, 2.24) is 4.90 Å². The van der Waals surface area contributed by atoms with Gasteiger partial charge in [0.05, 0.1) is 6.10 Å². The minimum absolute atomic E-state index is 0.0608. The standard InChI is InChI=1S/C11H21NOS/c1-9-8-14-7-6-12(9)10-4-2-3-5-11(10)13/h9-11,13H,2-8H2,1H3/t9?,10-,11-/m1/s1. The third-order valence-electron chi connectivity index (χ3n) is 3.54. The molecular weight excluding hydrogens is 194 g/mol. The highest BCUT2D eigenvalue weighted by Crippen LogP contribution is 2.27. The van der Waals surface area contributed by atoms with Gasteiger partial charge in [-0.3, -0.25) is 4.90 Å². The van der Waals surface area contributed by atoms with Crippen molar-refractivity contribution >= 4 is 11.8 Å². The van der Waals surface area contributed by atoms with Crippen LogP contribution in [0.25, 0.3) is 0 Å². The molecule has 0 aromatic carbocycles. The average Bonchev–Trinajstić information content (AvgIpc) is 2.20. The molecule has 0 bridgehead atoms. The molecule has 0 amide bonds. The summed E-state index contributed by atoms with van der Waals surface area (Å²) < 4.78 is 0. The Hall–Kier alpha value is 0.270. The molecule has 2 aliphatic rings. The molecule has 3 heteroatoms. The van der Waals surface area contributed by atoms with Crippen LogP contribution < -0.4 is 0 Å². The van der Waals surface area contributed by atoms with Gasteiger partial charge in [0.15, 0.2) is 0 Å². The molecule has 0 spiro atoms. The lowest BCUT2D eigenvalue weighted by atomic mass is 9.90. The van der Waals surface area contributed by atoms with E-state index in [0.29, 0.717) is 12.1 Å². The fourth-order valence-electron chi connectivity index (χ4n) is 2.71. The molecule has 14 heavy (non-hydrogen) atoms. The molecule has 1 aliphatic carbocycles. The SMILES string of the molecule is CC1CSCCN1[C@@H]1CCCC[C@H]1O. The van der Waals surface area contributed by atoms with Gasteiger partial charge < -0.3 is 5.11 Å². The first-order chi connectivity index (χ1) is 6.79. The molecule has 2 rings (SSSR count). The molecule has 1 aliphatic heterocycles. The molecule has 2 nitrogen and oxygen atoms in total. The summed E-state index contributed by atoms with van der Waals surface area (Å²) in [7, 11) is 0. The summed E-state index contributed by atoms with van der Waals surface area (Å²) >= 11 is 2.05. The summed E-state index contributed by atoms with van der Waals surface area (Å²) in [5, 5.41) is 9.99. The van der Waals surface area contributed by atoms with E-state index >= 15 is 0 Å². The second-order valence-corrected chi connectivity index (χ2v) is 5.73. The third-order valence-corrected chi connectivity index (χ3v) is 4.73. The van der Waals surface area contributed by atoms with Crippen molar-refractivity contribution in [2.75, 3.05) is 18.1 Å². The van der Waals surface area contributed by atoms with Crippen LogP contribution in [0.15, 0.2) is 0 Å². The molecule has 3 atom stereocenters. The number of hydrogen-bond donors (Lipinski definition) is 1. The Morgan fingerprint density at radius 1 is 1.29 bits per heavy atom. The zero-order valence-corrected chi connectivity index (χ0v) is 9.80. The van der Waals surface area contributed by atoms with Gasteiger partial charge in [-0.25, -0.2) is 0 Å². The lowest BCUT2D eigenvalue weighted by Gasteiger charge is -2.43. The van der Waals surface area contributed by atoms with Gasteiger partial charge in [0.1, 0.15) is 0 Å². The van der Waals surface area contributed by atoms with Gasteiger partial charge in [0.2, 0.25) is 0 Å². The quantitative estimate of drug-likeness (QED) is 0.720. The summed E-state index contributed by atoms with van der Waals surface area (Å²) in [5.41, 5.74) is 0. The average molecular weight is 215 g/mol. The number of nitrogens with zero attached hydrogens (tertiary/aromatic N) is 1. The predicted octanol–water partition coefficient (Wildman–Crippen LogP) is 1.73. The van der Waals surface area contributed by atoms with E-state index in [-0.39, 0.29) is 6.10 Å². The van der Waals surface area contributed by atoms with Gasteiger partial charge >= 0.3 is 0 Å². The van der Waals surface area contributed by atoms with E-state index < -0.39 is 0 Å². The van der Waals surface area contributed by atoms with Crippen LogP contribution in [0.5, 0.6) is 0 Å². The fraction of sp³-hybridized carbons (Fsp3) is 1.00. The Bertz CT molecular complexity index is 168. The second-order valence-electron chi connectivity index (χ2n) is 4.58. The third kappa shape index (κ3) is 2.26. The van der Waals surface area contributed by atoms with E-state index in [9.17, 15) is 5.11 Å². The zero-order chi connectivity index (χ0) is 9.97. The van der Waals surface area contributed by atoms with Crippen molar-refractivity contribution in [2.24, 2.45) is 0 Å². The maximum Gasteiger partial charge on any atom is 0.0695 e. The van der Waals surface area contributed by atoms with Crippen molar-refractivity contribution in [2.45, 2.75) is 50.8 Å². The molecule has 0 aromatic rings. The smallest absolute Gasteiger partial charge is 0.0695 e. The van der Waals surface area contributed by atoms with Gasteiger partial charge in [-0.1, -0.05) is 12.8 Å². The highest BCUT2D eigenvalue weighted by Gasteiger charge is 2.32. The maximum atomic E-state index is 9.99. The van der Waals surface area contributed by atoms with E-state index in [1.54, 1.807) is 0 Å². The number of hydrogen-bond acceptors (Lipinski definition) is 3. The van der Waals surface area contributed by atoms with Crippen molar-refractivity contribution in [3.05, 3.63) is 0 Å². The van der Waals surface area contributed by atoms with Gasteiger partial charge in [0, 0.05) is 30.1 Å². The van der Waals surface area contributed by atoms with Gasteiger partial charge in [-0.05, 0) is 19.8 Å². The summed E-state index contributed by atoms with van der Waals surface area (Å²) in [4.78, 5) is 2.54. The van der Waals surface area contributed by atoms with E-state index in [1.165, 1.54) is 37.3 Å². The highest BCUT2D eigenvalue weighted by molar-refractivity contribution is 7.99. The van der Waals surface area contributed by atoms with E-state index in [4.69, 9.17) is 0 Å².